The number of hydrogen-bond acceptors (Lipinski definition) is 2. The molecule has 10 heavy (non-hydrogen) atoms. The smallest absolute Gasteiger partial charge is 0.173 e. The summed E-state index contributed by atoms with van der Waals surface area (Å²) in [4.78, 5) is 10.6. The highest BCUT2D eigenvalue weighted by Gasteiger charge is 1.98. The third-order valence-corrected chi connectivity index (χ3v) is 1.37. The number of hydrogen-bond donors (Lipinski definition) is 0. The fraction of sp³-hybridized carbons (Fsp3) is 0.500. The van der Waals surface area contributed by atoms with Crippen molar-refractivity contribution >= 4 is 29.0 Å². The van der Waals surface area contributed by atoms with Gasteiger partial charge in [-0.15, -0.1) is 23.2 Å². The lowest BCUT2D eigenvalue weighted by Gasteiger charge is -1.98. The van der Waals surface area contributed by atoms with Gasteiger partial charge in [-0.2, -0.15) is 0 Å². The quantitative estimate of drug-likeness (QED) is 0.375. The van der Waals surface area contributed by atoms with Crippen molar-refractivity contribution in [3.63, 3.8) is 0 Å². The molecule has 0 aliphatic carbocycles. The van der Waals surface area contributed by atoms with Gasteiger partial charge in [0.25, 0.3) is 0 Å². The predicted octanol–water partition coefficient (Wildman–Crippen LogP) is 1.56. The van der Waals surface area contributed by atoms with E-state index in [1.54, 1.807) is 0 Å². The second-order valence-corrected chi connectivity index (χ2v) is 2.08. The van der Waals surface area contributed by atoms with Gasteiger partial charge in [-0.05, 0) is 0 Å². The van der Waals surface area contributed by atoms with Gasteiger partial charge in [-0.1, -0.05) is 0 Å². The van der Waals surface area contributed by atoms with Gasteiger partial charge in [0.15, 0.2) is 5.78 Å². The van der Waals surface area contributed by atoms with E-state index in [-0.39, 0.29) is 17.5 Å². The highest BCUT2D eigenvalue weighted by Crippen LogP contribution is 1.98. The highest BCUT2D eigenvalue weighted by atomic mass is 35.5. The summed E-state index contributed by atoms with van der Waals surface area (Å²) < 4.78 is 4.72. The molecule has 0 unspecified atom stereocenters. The van der Waals surface area contributed by atoms with Crippen LogP contribution in [-0.4, -0.2) is 24.7 Å². The Hall–Kier alpha value is -0.210. The van der Waals surface area contributed by atoms with Gasteiger partial charge in [-0.3, -0.25) is 4.79 Å². The van der Waals surface area contributed by atoms with E-state index in [9.17, 15) is 4.79 Å². The van der Waals surface area contributed by atoms with Crippen molar-refractivity contribution in [2.24, 2.45) is 0 Å². The Balaban J connectivity index is 3.96. The monoisotopic (exact) mass is 182 g/mol. The third-order valence-electron chi connectivity index (χ3n) is 0.848. The number of carbonyl (C=O) groups excluding carboxylic acids is 1. The average molecular weight is 183 g/mol. The van der Waals surface area contributed by atoms with Crippen molar-refractivity contribution in [2.45, 2.75) is 0 Å². The lowest BCUT2D eigenvalue weighted by atomic mass is 10.4. The van der Waals surface area contributed by atoms with E-state index >= 15 is 0 Å². The maximum Gasteiger partial charge on any atom is 0.173 e. The van der Waals surface area contributed by atoms with Crippen LogP contribution in [0.25, 0.3) is 0 Å². The number of carbonyl (C=O) groups is 1. The molecule has 2 nitrogen and oxygen atoms in total. The van der Waals surface area contributed by atoms with Crippen molar-refractivity contribution < 1.29 is 9.53 Å². The summed E-state index contributed by atoms with van der Waals surface area (Å²) in [5, 5.41) is 0. The molecule has 0 aliphatic heterocycles. The van der Waals surface area contributed by atoms with Crippen LogP contribution in [0.1, 0.15) is 0 Å². The molecule has 0 aromatic carbocycles. The van der Waals surface area contributed by atoms with Gasteiger partial charge in [0.2, 0.25) is 0 Å². The van der Waals surface area contributed by atoms with Crippen LogP contribution in [0, 0.1) is 0 Å². The van der Waals surface area contributed by atoms with Crippen molar-refractivity contribution in [1.29, 1.82) is 0 Å². The molecule has 0 rings (SSSR count). The molecule has 0 radical (unpaired) electrons. The molecule has 0 atom stereocenters. The van der Waals surface area contributed by atoms with Crippen molar-refractivity contribution in [3.8, 4) is 0 Å². The van der Waals surface area contributed by atoms with Gasteiger partial charge in [0.1, 0.15) is 5.76 Å². The summed E-state index contributed by atoms with van der Waals surface area (Å²) in [5.74, 6) is 0.398. The van der Waals surface area contributed by atoms with Crippen LogP contribution in [0.15, 0.2) is 11.8 Å². The second kappa shape index (κ2) is 5.57. The first-order chi connectivity index (χ1) is 4.74. The molecule has 0 spiro atoms. The second-order valence-electron chi connectivity index (χ2n) is 1.55. The van der Waals surface area contributed by atoms with Crippen LogP contribution >= 0.6 is 23.2 Å². The normalized spacial score (nSPS) is 11.3. The standard InChI is InChI=1S/C6H8Cl2O2/c1-10-6(4-8)2-5(9)3-7/h2H,3-4H2,1H3/b6-2+. The van der Waals surface area contributed by atoms with Crippen LogP contribution in [0.3, 0.4) is 0 Å². The maximum absolute atomic E-state index is 10.6. The number of rotatable bonds is 4. The minimum Gasteiger partial charge on any atom is -0.500 e. The zero-order valence-electron chi connectivity index (χ0n) is 5.56. The Morgan fingerprint density at radius 3 is 2.40 bits per heavy atom. The number of ether oxygens (including phenoxy) is 1. The first-order valence-corrected chi connectivity index (χ1v) is 3.70. The Labute approximate surface area is 69.8 Å². The molecule has 0 amide bonds. The summed E-state index contributed by atoms with van der Waals surface area (Å²) in [7, 11) is 1.45. The summed E-state index contributed by atoms with van der Waals surface area (Å²) in [6.07, 6.45) is 1.29. The fourth-order valence-electron chi connectivity index (χ4n) is 0.370. The molecular formula is C6H8Cl2O2. The lowest BCUT2D eigenvalue weighted by Crippen LogP contribution is -1.98. The van der Waals surface area contributed by atoms with Crippen LogP contribution < -0.4 is 0 Å². The fourth-order valence-corrected chi connectivity index (χ4v) is 0.634. The van der Waals surface area contributed by atoms with Crippen molar-refractivity contribution in [2.75, 3.05) is 18.9 Å². The van der Waals surface area contributed by atoms with E-state index in [1.165, 1.54) is 13.2 Å². The number of ketones is 1. The largest absolute Gasteiger partial charge is 0.500 e. The first kappa shape index (κ1) is 9.79. The van der Waals surface area contributed by atoms with Gasteiger partial charge in [0, 0.05) is 6.08 Å². The van der Waals surface area contributed by atoms with Gasteiger partial charge in [-0.25, -0.2) is 0 Å². The van der Waals surface area contributed by atoms with E-state index in [4.69, 9.17) is 27.9 Å². The van der Waals surface area contributed by atoms with Gasteiger partial charge >= 0.3 is 0 Å². The minimum atomic E-state index is -0.195. The van der Waals surface area contributed by atoms with E-state index in [0.29, 0.717) is 5.76 Å². The Bertz CT molecular complexity index is 137. The first-order valence-electron chi connectivity index (χ1n) is 2.64. The van der Waals surface area contributed by atoms with Crippen LogP contribution in [0.5, 0.6) is 0 Å². The summed E-state index contributed by atoms with van der Waals surface area (Å²) >= 11 is 10.6. The average Bonchev–Trinajstić information content (AvgIpc) is 1.99. The zero-order valence-corrected chi connectivity index (χ0v) is 7.08. The summed E-state index contributed by atoms with van der Waals surface area (Å²) in [6, 6.07) is 0. The molecule has 0 fully saturated rings. The molecule has 0 bridgehead atoms. The maximum atomic E-state index is 10.6. The van der Waals surface area contributed by atoms with E-state index < -0.39 is 0 Å². The van der Waals surface area contributed by atoms with Gasteiger partial charge in [0.05, 0.1) is 18.9 Å². The van der Waals surface area contributed by atoms with Crippen molar-refractivity contribution in [1.82, 2.24) is 0 Å². The number of alkyl halides is 2. The number of halogens is 2. The molecule has 0 saturated carbocycles. The molecule has 0 aromatic heterocycles. The summed E-state index contributed by atoms with van der Waals surface area (Å²) in [6.45, 7) is 0. The van der Waals surface area contributed by atoms with E-state index in [0.717, 1.165) is 0 Å². The van der Waals surface area contributed by atoms with Crippen LogP contribution in [0.4, 0.5) is 0 Å². The molecule has 0 saturated heterocycles. The number of methoxy groups -OCH3 is 1. The van der Waals surface area contributed by atoms with Crippen molar-refractivity contribution in [3.05, 3.63) is 11.8 Å². The summed E-state index contributed by atoms with van der Waals surface area (Å²) in [5.41, 5.74) is 0. The molecule has 0 aromatic rings. The van der Waals surface area contributed by atoms with Gasteiger partial charge < -0.3 is 4.74 Å². The molecule has 0 N–H and O–H groups in total. The minimum absolute atomic E-state index is 0.0379. The topological polar surface area (TPSA) is 26.3 Å². The molecule has 0 aliphatic rings. The van der Waals surface area contributed by atoms with Crippen LogP contribution in [-0.2, 0) is 9.53 Å². The Morgan fingerprint density at radius 2 is 2.10 bits per heavy atom. The van der Waals surface area contributed by atoms with E-state index in [1.807, 2.05) is 0 Å². The molecule has 58 valence electrons. The molecule has 0 heterocycles. The molecular weight excluding hydrogens is 175 g/mol. The SMILES string of the molecule is CO/C(=C/C(=O)CCl)CCl. The zero-order chi connectivity index (χ0) is 7.98. The predicted molar refractivity (Wildman–Crippen MR) is 41.5 cm³/mol. The lowest BCUT2D eigenvalue weighted by molar-refractivity contribution is -0.112. The Morgan fingerprint density at radius 1 is 1.50 bits per heavy atom. The molecule has 4 heteroatoms. The third kappa shape index (κ3) is 3.75. The van der Waals surface area contributed by atoms with Crippen LogP contribution in [0.2, 0.25) is 0 Å². The Kier molecular flexibility index (Phi) is 5.45. The van der Waals surface area contributed by atoms with E-state index in [2.05, 4.69) is 0 Å². The highest BCUT2D eigenvalue weighted by molar-refractivity contribution is 6.29. The number of allylic oxidation sites excluding steroid dienone is 2.